The fourth-order valence-electron chi connectivity index (χ4n) is 9.41. The minimum Gasteiger partial charge on any atom is -0.309 e. The molecule has 0 N–H and O–H groups in total. The van der Waals surface area contributed by atoms with Gasteiger partial charge in [-0.3, -0.25) is 0 Å². The smallest absolute Gasteiger partial charge is 0.0641 e. The molecule has 266 valence electrons. The van der Waals surface area contributed by atoms with Crippen LogP contribution in [0.2, 0.25) is 0 Å². The highest BCUT2D eigenvalue weighted by atomic mass is 15.0. The highest BCUT2D eigenvalue weighted by Gasteiger charge is 2.23. The number of nitrogens with zero attached hydrogens (tertiary/aromatic N) is 3. The highest BCUT2D eigenvalue weighted by Crippen LogP contribution is 2.44. The molecule has 3 aromatic heterocycles. The maximum Gasteiger partial charge on any atom is 0.0641 e. The molecule has 0 bridgehead atoms. The van der Waals surface area contributed by atoms with E-state index in [0.717, 1.165) is 17.1 Å². The standard InChI is InChI=1S/C54H35N3/c1-4-17-36(18-5-1)38-33-39(37-19-6-2-7-20-37)35-41(34-38)55-47-27-14-11-24-44(47)52-49(55)29-16-30-50(52)57-48-28-15-12-25-45(48)53-51(57)32-31-43-42-23-10-13-26-46(42)56(54(43)53)40-21-8-3-9-22-40/h1-35H. The summed E-state index contributed by atoms with van der Waals surface area (Å²) in [5.41, 5.74) is 15.4. The summed E-state index contributed by atoms with van der Waals surface area (Å²) < 4.78 is 7.43. The van der Waals surface area contributed by atoms with E-state index in [0.29, 0.717) is 0 Å². The van der Waals surface area contributed by atoms with E-state index in [1.807, 2.05) is 0 Å². The summed E-state index contributed by atoms with van der Waals surface area (Å²) in [6.45, 7) is 0. The molecule has 0 amide bonds. The van der Waals surface area contributed by atoms with Crippen molar-refractivity contribution in [1.29, 1.82) is 0 Å². The lowest BCUT2D eigenvalue weighted by Gasteiger charge is -2.15. The fraction of sp³-hybridized carbons (Fsp3) is 0. The highest BCUT2D eigenvalue weighted by molar-refractivity contribution is 6.27. The van der Waals surface area contributed by atoms with Gasteiger partial charge >= 0.3 is 0 Å². The second-order valence-corrected chi connectivity index (χ2v) is 14.9. The van der Waals surface area contributed by atoms with Crippen LogP contribution >= 0.6 is 0 Å². The lowest BCUT2D eigenvalue weighted by atomic mass is 9.98. The Morgan fingerprint density at radius 1 is 0.246 bits per heavy atom. The minimum absolute atomic E-state index is 1.13. The number of hydrogen-bond acceptors (Lipinski definition) is 0. The van der Waals surface area contributed by atoms with Crippen LogP contribution in [0.25, 0.3) is 105 Å². The van der Waals surface area contributed by atoms with E-state index in [1.165, 1.54) is 87.7 Å². The number of fused-ring (bicyclic) bond motifs is 10. The van der Waals surface area contributed by atoms with Crippen molar-refractivity contribution in [2.45, 2.75) is 0 Å². The van der Waals surface area contributed by atoms with Crippen LogP contribution in [0.15, 0.2) is 212 Å². The first-order valence-corrected chi connectivity index (χ1v) is 19.6. The van der Waals surface area contributed by atoms with E-state index in [9.17, 15) is 0 Å². The molecule has 0 aliphatic carbocycles. The third kappa shape index (κ3) is 4.73. The molecule has 57 heavy (non-hydrogen) atoms. The lowest BCUT2D eigenvalue weighted by Crippen LogP contribution is -1.98. The normalized spacial score (nSPS) is 11.9. The van der Waals surface area contributed by atoms with Gasteiger partial charge in [0.1, 0.15) is 0 Å². The van der Waals surface area contributed by atoms with E-state index in [-0.39, 0.29) is 0 Å². The van der Waals surface area contributed by atoms with Crippen molar-refractivity contribution in [2.24, 2.45) is 0 Å². The quantitative estimate of drug-likeness (QED) is 0.168. The third-order valence-corrected chi connectivity index (χ3v) is 11.8. The van der Waals surface area contributed by atoms with Gasteiger partial charge in [0, 0.05) is 43.7 Å². The first-order chi connectivity index (χ1) is 28.3. The zero-order chi connectivity index (χ0) is 37.5. The molecule has 0 unspecified atom stereocenters. The third-order valence-electron chi connectivity index (χ3n) is 11.8. The number of benzene rings is 9. The van der Waals surface area contributed by atoms with Crippen LogP contribution < -0.4 is 0 Å². The van der Waals surface area contributed by atoms with Gasteiger partial charge < -0.3 is 13.7 Å². The molecule has 3 nitrogen and oxygen atoms in total. The van der Waals surface area contributed by atoms with E-state index in [2.05, 4.69) is 226 Å². The number of aromatic nitrogens is 3. The average Bonchev–Trinajstić information content (AvgIpc) is 3.93. The second kappa shape index (κ2) is 12.5. The first kappa shape index (κ1) is 31.7. The molecule has 12 aromatic rings. The van der Waals surface area contributed by atoms with Crippen LogP contribution in [0, 0.1) is 0 Å². The molecular weight excluding hydrogens is 691 g/mol. The SMILES string of the molecule is c1ccc(-c2cc(-c3ccccc3)cc(-n3c4ccccc4c4c(-n5c6ccccc6c6c5ccc5c7ccccc7n(-c7ccccc7)c56)cccc43)c2)cc1. The van der Waals surface area contributed by atoms with Gasteiger partial charge in [-0.1, -0.05) is 146 Å². The van der Waals surface area contributed by atoms with Crippen molar-refractivity contribution in [2.75, 3.05) is 0 Å². The van der Waals surface area contributed by atoms with Crippen LogP contribution in [0.4, 0.5) is 0 Å². The lowest BCUT2D eigenvalue weighted by molar-refractivity contribution is 1.17. The Labute approximate surface area is 329 Å². The van der Waals surface area contributed by atoms with Crippen molar-refractivity contribution in [3.63, 3.8) is 0 Å². The summed E-state index contributed by atoms with van der Waals surface area (Å²) in [6.07, 6.45) is 0. The van der Waals surface area contributed by atoms with Gasteiger partial charge in [-0.25, -0.2) is 0 Å². The van der Waals surface area contributed by atoms with Crippen molar-refractivity contribution in [3.05, 3.63) is 212 Å². The van der Waals surface area contributed by atoms with Crippen LogP contribution in [0.5, 0.6) is 0 Å². The molecule has 0 fully saturated rings. The van der Waals surface area contributed by atoms with Crippen molar-refractivity contribution >= 4 is 65.4 Å². The van der Waals surface area contributed by atoms with E-state index < -0.39 is 0 Å². The Hall–Kier alpha value is -7.62. The Morgan fingerprint density at radius 2 is 0.737 bits per heavy atom. The molecular formula is C54H35N3. The van der Waals surface area contributed by atoms with Gasteiger partial charge in [-0.05, 0) is 89.0 Å². The van der Waals surface area contributed by atoms with Crippen LogP contribution in [-0.2, 0) is 0 Å². The molecule has 3 heteroatoms. The molecule has 0 spiro atoms. The molecule has 3 heterocycles. The van der Waals surface area contributed by atoms with Gasteiger partial charge in [0.05, 0.1) is 38.8 Å². The summed E-state index contributed by atoms with van der Waals surface area (Å²) >= 11 is 0. The molecule has 9 aromatic carbocycles. The molecule has 0 aliphatic heterocycles. The summed E-state index contributed by atoms with van der Waals surface area (Å²) in [7, 11) is 0. The van der Waals surface area contributed by atoms with Crippen LogP contribution in [-0.4, -0.2) is 13.7 Å². The van der Waals surface area contributed by atoms with E-state index >= 15 is 0 Å². The Morgan fingerprint density at radius 3 is 1.39 bits per heavy atom. The molecule has 0 saturated carbocycles. The monoisotopic (exact) mass is 725 g/mol. The van der Waals surface area contributed by atoms with Gasteiger partial charge in [-0.15, -0.1) is 0 Å². The van der Waals surface area contributed by atoms with Gasteiger partial charge in [0.15, 0.2) is 0 Å². The van der Waals surface area contributed by atoms with Crippen LogP contribution in [0.1, 0.15) is 0 Å². The summed E-state index contributed by atoms with van der Waals surface area (Å²) in [5, 5.41) is 7.46. The maximum absolute atomic E-state index is 2.51. The van der Waals surface area contributed by atoms with Gasteiger partial charge in [0.2, 0.25) is 0 Å². The van der Waals surface area contributed by atoms with E-state index in [4.69, 9.17) is 0 Å². The summed E-state index contributed by atoms with van der Waals surface area (Å²) in [6, 6.07) is 77.4. The van der Waals surface area contributed by atoms with Gasteiger partial charge in [-0.2, -0.15) is 0 Å². The topological polar surface area (TPSA) is 14.8 Å². The summed E-state index contributed by atoms with van der Waals surface area (Å²) in [5.74, 6) is 0. The minimum atomic E-state index is 1.13. The van der Waals surface area contributed by atoms with E-state index in [1.54, 1.807) is 0 Å². The average molecular weight is 726 g/mol. The predicted molar refractivity (Wildman–Crippen MR) is 240 cm³/mol. The largest absolute Gasteiger partial charge is 0.309 e. The molecule has 12 rings (SSSR count). The van der Waals surface area contributed by atoms with Crippen molar-refractivity contribution < 1.29 is 0 Å². The van der Waals surface area contributed by atoms with Crippen molar-refractivity contribution in [1.82, 2.24) is 13.7 Å². The fourth-order valence-corrected chi connectivity index (χ4v) is 9.41. The second-order valence-electron chi connectivity index (χ2n) is 14.9. The Kier molecular flexibility index (Phi) is 6.93. The van der Waals surface area contributed by atoms with Crippen LogP contribution in [0.3, 0.4) is 0 Å². The maximum atomic E-state index is 2.51. The number of para-hydroxylation sites is 4. The number of hydrogen-bond donors (Lipinski definition) is 0. The predicted octanol–water partition coefficient (Wildman–Crippen LogP) is 14.3. The Balaban J connectivity index is 1.19. The Bertz CT molecular complexity index is 3440. The van der Waals surface area contributed by atoms with Gasteiger partial charge in [0.25, 0.3) is 0 Å². The zero-order valence-electron chi connectivity index (χ0n) is 31.0. The van der Waals surface area contributed by atoms with Crippen molar-refractivity contribution in [3.8, 4) is 39.3 Å². The molecule has 0 saturated heterocycles. The summed E-state index contributed by atoms with van der Waals surface area (Å²) in [4.78, 5) is 0. The molecule has 0 atom stereocenters. The molecule has 0 radical (unpaired) electrons. The first-order valence-electron chi connectivity index (χ1n) is 19.6. The number of rotatable bonds is 5. The zero-order valence-corrected chi connectivity index (χ0v) is 31.0. The molecule has 0 aliphatic rings.